The van der Waals surface area contributed by atoms with E-state index in [1.807, 2.05) is 43.3 Å². The molecule has 0 unspecified atom stereocenters. The van der Waals surface area contributed by atoms with Gasteiger partial charge in [0.15, 0.2) is 0 Å². The lowest BCUT2D eigenvalue weighted by molar-refractivity contribution is -0.138. The molecule has 2 rings (SSSR count). The molecular formula is C23H30N2O3S. The van der Waals surface area contributed by atoms with Crippen LogP contribution in [0.25, 0.3) is 0 Å². The summed E-state index contributed by atoms with van der Waals surface area (Å²) in [5.74, 6) is 1.67. The first-order valence-electron chi connectivity index (χ1n) is 9.78. The molecule has 0 spiro atoms. The fraction of sp³-hybridized carbons (Fsp3) is 0.391. The van der Waals surface area contributed by atoms with Crippen molar-refractivity contribution in [2.75, 3.05) is 19.4 Å². The van der Waals surface area contributed by atoms with Gasteiger partial charge in [0.2, 0.25) is 11.8 Å². The van der Waals surface area contributed by atoms with Crippen molar-refractivity contribution in [2.45, 2.75) is 39.1 Å². The van der Waals surface area contributed by atoms with E-state index in [0.29, 0.717) is 18.8 Å². The molecular weight excluding hydrogens is 384 g/mol. The Hall–Kier alpha value is -2.47. The normalized spacial score (nSPS) is 11.6. The summed E-state index contributed by atoms with van der Waals surface area (Å²) in [6.07, 6.45) is 0. The first-order valence-corrected chi connectivity index (χ1v) is 10.9. The molecule has 29 heavy (non-hydrogen) atoms. The number of aryl methyl sites for hydroxylation is 1. The number of carbonyl (C=O) groups excluding carboxylic acids is 2. The van der Waals surface area contributed by atoms with Crippen LogP contribution in [0, 0.1) is 6.92 Å². The van der Waals surface area contributed by atoms with Crippen LogP contribution in [0.15, 0.2) is 48.5 Å². The summed E-state index contributed by atoms with van der Waals surface area (Å²) in [6, 6.07) is 15.2. The van der Waals surface area contributed by atoms with E-state index in [1.165, 1.54) is 11.1 Å². The largest absolute Gasteiger partial charge is 0.497 e. The number of rotatable bonds is 10. The van der Waals surface area contributed by atoms with Crippen molar-refractivity contribution in [3.63, 3.8) is 0 Å². The average Bonchev–Trinajstić information content (AvgIpc) is 2.73. The van der Waals surface area contributed by atoms with Crippen LogP contribution < -0.4 is 10.1 Å². The Morgan fingerprint density at radius 1 is 1.14 bits per heavy atom. The Balaban J connectivity index is 2.06. The van der Waals surface area contributed by atoms with Gasteiger partial charge in [-0.1, -0.05) is 36.4 Å². The van der Waals surface area contributed by atoms with E-state index in [-0.39, 0.29) is 11.8 Å². The molecule has 0 bridgehead atoms. The van der Waals surface area contributed by atoms with Gasteiger partial charge in [0.1, 0.15) is 11.8 Å². The van der Waals surface area contributed by atoms with Crippen molar-refractivity contribution < 1.29 is 14.3 Å². The summed E-state index contributed by atoms with van der Waals surface area (Å²) >= 11 is 1.57. The highest BCUT2D eigenvalue weighted by atomic mass is 32.2. The minimum absolute atomic E-state index is 0.0434. The van der Waals surface area contributed by atoms with Crippen LogP contribution in [-0.2, 0) is 21.9 Å². The number of carbonyl (C=O) groups is 2. The van der Waals surface area contributed by atoms with Gasteiger partial charge in [0.05, 0.1) is 12.9 Å². The molecule has 0 fully saturated rings. The van der Waals surface area contributed by atoms with E-state index in [2.05, 4.69) is 24.4 Å². The minimum atomic E-state index is -0.538. The second-order valence-electron chi connectivity index (χ2n) is 6.86. The zero-order valence-electron chi connectivity index (χ0n) is 17.6. The molecule has 0 saturated carbocycles. The van der Waals surface area contributed by atoms with Gasteiger partial charge in [-0.3, -0.25) is 9.59 Å². The standard InChI is InChI=1S/C23H30N2O3S/c1-5-24-23(27)18(3)25(14-19-10-12-21(28-4)13-11-19)22(26)16-29-15-20-9-7-6-8-17(20)2/h6-13,18H,5,14-16H2,1-4H3,(H,24,27)/t18-/m1/s1. The van der Waals surface area contributed by atoms with Crippen molar-refractivity contribution in [2.24, 2.45) is 0 Å². The van der Waals surface area contributed by atoms with Gasteiger partial charge >= 0.3 is 0 Å². The third-order valence-corrected chi connectivity index (χ3v) is 5.74. The van der Waals surface area contributed by atoms with Gasteiger partial charge in [0.25, 0.3) is 0 Å². The molecule has 5 nitrogen and oxygen atoms in total. The number of amides is 2. The van der Waals surface area contributed by atoms with Crippen LogP contribution in [0.3, 0.4) is 0 Å². The zero-order valence-corrected chi connectivity index (χ0v) is 18.4. The first kappa shape index (κ1) is 22.8. The molecule has 0 radical (unpaired) electrons. The predicted molar refractivity (Wildman–Crippen MR) is 119 cm³/mol. The van der Waals surface area contributed by atoms with Gasteiger partial charge in [-0.05, 0) is 49.6 Å². The van der Waals surface area contributed by atoms with Crippen molar-refractivity contribution in [1.29, 1.82) is 0 Å². The Labute approximate surface area is 177 Å². The maximum Gasteiger partial charge on any atom is 0.242 e. The Morgan fingerprint density at radius 2 is 1.83 bits per heavy atom. The highest BCUT2D eigenvalue weighted by Crippen LogP contribution is 2.19. The number of nitrogens with zero attached hydrogens (tertiary/aromatic N) is 1. The van der Waals surface area contributed by atoms with Gasteiger partial charge in [0, 0.05) is 18.8 Å². The SMILES string of the molecule is CCNC(=O)[C@@H](C)N(Cc1ccc(OC)cc1)C(=O)CSCc1ccccc1C. The molecule has 2 amide bonds. The lowest BCUT2D eigenvalue weighted by atomic mass is 10.1. The molecule has 156 valence electrons. The number of thioether (sulfide) groups is 1. The van der Waals surface area contributed by atoms with E-state index in [0.717, 1.165) is 17.1 Å². The summed E-state index contributed by atoms with van der Waals surface area (Å²) in [6.45, 7) is 6.64. The van der Waals surface area contributed by atoms with E-state index in [1.54, 1.807) is 30.7 Å². The van der Waals surface area contributed by atoms with Gasteiger partial charge in [-0.2, -0.15) is 0 Å². The predicted octanol–water partition coefficient (Wildman–Crippen LogP) is 3.79. The number of hydrogen-bond donors (Lipinski definition) is 1. The van der Waals surface area contributed by atoms with Gasteiger partial charge in [-0.25, -0.2) is 0 Å². The number of hydrogen-bond acceptors (Lipinski definition) is 4. The van der Waals surface area contributed by atoms with E-state index < -0.39 is 6.04 Å². The zero-order chi connectivity index (χ0) is 21.2. The minimum Gasteiger partial charge on any atom is -0.497 e. The first-order chi connectivity index (χ1) is 14.0. The van der Waals surface area contributed by atoms with Crippen LogP contribution >= 0.6 is 11.8 Å². The van der Waals surface area contributed by atoms with Crippen LogP contribution in [0.5, 0.6) is 5.75 Å². The van der Waals surface area contributed by atoms with E-state index in [9.17, 15) is 9.59 Å². The fourth-order valence-corrected chi connectivity index (χ4v) is 3.92. The van der Waals surface area contributed by atoms with Gasteiger partial charge < -0.3 is 15.0 Å². The number of nitrogens with one attached hydrogen (secondary N) is 1. The van der Waals surface area contributed by atoms with Crippen molar-refractivity contribution >= 4 is 23.6 Å². The third-order valence-electron chi connectivity index (χ3n) is 4.77. The molecule has 0 aliphatic rings. The second-order valence-corrected chi connectivity index (χ2v) is 7.85. The number of likely N-dealkylation sites (N-methyl/N-ethyl adjacent to an activating group) is 1. The Morgan fingerprint density at radius 3 is 2.45 bits per heavy atom. The summed E-state index contributed by atoms with van der Waals surface area (Å²) in [7, 11) is 1.62. The molecule has 0 aliphatic heterocycles. The molecule has 0 aromatic heterocycles. The maximum atomic E-state index is 13.0. The summed E-state index contributed by atoms with van der Waals surface area (Å²) < 4.78 is 5.20. The van der Waals surface area contributed by atoms with Crippen LogP contribution in [0.2, 0.25) is 0 Å². The van der Waals surface area contributed by atoms with Crippen molar-refractivity contribution in [3.05, 3.63) is 65.2 Å². The molecule has 0 heterocycles. The van der Waals surface area contributed by atoms with Crippen molar-refractivity contribution in [3.8, 4) is 5.75 Å². The highest BCUT2D eigenvalue weighted by molar-refractivity contribution is 7.99. The molecule has 2 aromatic carbocycles. The lowest BCUT2D eigenvalue weighted by Gasteiger charge is -2.28. The smallest absolute Gasteiger partial charge is 0.242 e. The Kier molecular flexibility index (Phi) is 9.06. The molecule has 0 saturated heterocycles. The Bertz CT molecular complexity index is 808. The topological polar surface area (TPSA) is 58.6 Å². The number of ether oxygens (including phenoxy) is 1. The average molecular weight is 415 g/mol. The quantitative estimate of drug-likeness (QED) is 0.643. The van der Waals surface area contributed by atoms with E-state index >= 15 is 0 Å². The summed E-state index contributed by atoms with van der Waals surface area (Å²) in [5, 5.41) is 2.81. The monoisotopic (exact) mass is 414 g/mol. The van der Waals surface area contributed by atoms with Crippen LogP contribution in [0.4, 0.5) is 0 Å². The molecule has 2 aromatic rings. The summed E-state index contributed by atoms with van der Waals surface area (Å²) in [4.78, 5) is 27.0. The highest BCUT2D eigenvalue weighted by Gasteiger charge is 2.25. The molecule has 6 heteroatoms. The number of benzene rings is 2. The third kappa shape index (κ3) is 6.82. The maximum absolute atomic E-state index is 13.0. The lowest BCUT2D eigenvalue weighted by Crippen LogP contribution is -2.48. The van der Waals surface area contributed by atoms with Gasteiger partial charge in [-0.15, -0.1) is 11.8 Å². The number of methoxy groups -OCH3 is 1. The molecule has 1 N–H and O–H groups in total. The summed E-state index contributed by atoms with van der Waals surface area (Å²) in [5.41, 5.74) is 3.40. The molecule has 0 aliphatic carbocycles. The fourth-order valence-electron chi connectivity index (χ4n) is 2.94. The van der Waals surface area contributed by atoms with Crippen molar-refractivity contribution in [1.82, 2.24) is 10.2 Å². The van der Waals surface area contributed by atoms with Crippen LogP contribution in [-0.4, -0.2) is 42.2 Å². The van der Waals surface area contributed by atoms with E-state index in [4.69, 9.17) is 4.74 Å². The second kappa shape index (κ2) is 11.5. The molecule has 1 atom stereocenters. The van der Waals surface area contributed by atoms with Crippen LogP contribution in [0.1, 0.15) is 30.5 Å².